The van der Waals surface area contributed by atoms with Crippen LogP contribution >= 0.6 is 0 Å². The molecule has 9 nitrogen and oxygen atoms in total. The van der Waals surface area contributed by atoms with E-state index >= 15 is 0 Å². The molecule has 0 aromatic rings. The summed E-state index contributed by atoms with van der Waals surface area (Å²) in [6, 6.07) is -1.18. The van der Waals surface area contributed by atoms with Gasteiger partial charge in [0.25, 0.3) is 5.91 Å². The van der Waals surface area contributed by atoms with Crippen molar-refractivity contribution in [1.29, 1.82) is 0 Å². The molecule has 36 heavy (non-hydrogen) atoms. The molecule has 6 atom stereocenters. The number of aliphatic hydroxyl groups is 1. The first-order chi connectivity index (χ1) is 16.7. The van der Waals surface area contributed by atoms with Gasteiger partial charge in [-0.05, 0) is 33.3 Å². The third-order valence-corrected chi connectivity index (χ3v) is 6.44. The average molecular weight is 502 g/mol. The minimum atomic E-state index is -1.81. The number of fused-ring (bicyclic) bond motifs is 10. The molecule has 6 unspecified atom stereocenters. The molecule has 0 aromatic heterocycles. The fourth-order valence-corrected chi connectivity index (χ4v) is 4.13. The second-order valence-corrected chi connectivity index (χ2v) is 9.57. The fourth-order valence-electron chi connectivity index (χ4n) is 4.13. The summed E-state index contributed by atoms with van der Waals surface area (Å²) in [5.41, 5.74) is -0.437. The van der Waals surface area contributed by atoms with Crippen molar-refractivity contribution in [1.82, 2.24) is 5.32 Å². The third kappa shape index (κ3) is 7.10. The van der Waals surface area contributed by atoms with E-state index in [9.17, 15) is 29.1 Å². The predicted molar refractivity (Wildman–Crippen MR) is 131 cm³/mol. The Kier molecular flexibility index (Phi) is 9.69. The molecule has 196 valence electrons. The molecule has 2 N–H and O–H groups in total. The Bertz CT molecular complexity index is 1040. The molecular weight excluding hydrogens is 466 g/mol. The van der Waals surface area contributed by atoms with Crippen molar-refractivity contribution in [2.75, 3.05) is 0 Å². The van der Waals surface area contributed by atoms with Gasteiger partial charge >= 0.3 is 11.9 Å². The van der Waals surface area contributed by atoms with E-state index in [1.54, 1.807) is 38.2 Å². The summed E-state index contributed by atoms with van der Waals surface area (Å²) in [4.78, 5) is 62.5. The number of ether oxygens (including phenoxy) is 2. The van der Waals surface area contributed by atoms with Crippen molar-refractivity contribution in [3.8, 4) is 0 Å². The summed E-state index contributed by atoms with van der Waals surface area (Å²) in [7, 11) is 0. The molecule has 2 heterocycles. The Balaban J connectivity index is 2.60. The number of ketones is 2. The van der Waals surface area contributed by atoms with Crippen LogP contribution in [-0.2, 0) is 33.4 Å². The topological polar surface area (TPSA) is 136 Å². The number of Topliss-reactive ketones (excluding diaryl/α,β-unsaturated/α-hetero) is 2. The summed E-state index contributed by atoms with van der Waals surface area (Å²) in [6.07, 6.45) is 7.78. The van der Waals surface area contributed by atoms with Gasteiger partial charge in [-0.2, -0.15) is 0 Å². The van der Waals surface area contributed by atoms with Crippen molar-refractivity contribution in [2.24, 2.45) is 11.3 Å². The summed E-state index contributed by atoms with van der Waals surface area (Å²) in [5, 5.41) is 12.8. The van der Waals surface area contributed by atoms with Gasteiger partial charge in [0.2, 0.25) is 5.78 Å². The highest BCUT2D eigenvalue weighted by atomic mass is 16.6. The Morgan fingerprint density at radius 3 is 2.36 bits per heavy atom. The molecule has 3 aliphatic rings. The van der Waals surface area contributed by atoms with Gasteiger partial charge in [0, 0.05) is 20.3 Å². The lowest BCUT2D eigenvalue weighted by atomic mass is 9.69. The molecule has 2 bridgehead atoms. The summed E-state index contributed by atoms with van der Waals surface area (Å²) in [5.74, 6) is -4.37. The number of allylic oxidation sites excluding steroid dienone is 4. The van der Waals surface area contributed by atoms with Crippen molar-refractivity contribution >= 4 is 29.4 Å². The van der Waals surface area contributed by atoms with Crippen LogP contribution in [0.2, 0.25) is 0 Å². The molecule has 1 saturated heterocycles. The van der Waals surface area contributed by atoms with E-state index in [2.05, 4.69) is 5.32 Å². The van der Waals surface area contributed by atoms with Gasteiger partial charge in [-0.15, -0.1) is 0 Å². The molecule has 2 aliphatic heterocycles. The van der Waals surface area contributed by atoms with E-state index in [0.717, 1.165) is 12.5 Å². The highest BCUT2D eigenvalue weighted by Crippen LogP contribution is 2.38. The standard InChI is InChI=1S/C27H35NO8/c1-15-7-10-20(31)11-8-16(2)13-23(28-25(33)18(4)29)27(6)24(32)17(3)22(36-26(27)34)14-21(12-9-15)35-19(5)30/h7-9,11-13,17,20-23,31H,10,14H2,1-6H3,(H,28,33)/b11-8+,12-9?,15-7?,16-13+. The van der Waals surface area contributed by atoms with E-state index in [1.807, 2.05) is 13.0 Å². The SMILES string of the molecule is CC(=O)OC1C=CC(C)=CCC(O)/C=C/C(C)=C/C(NC(=O)C(C)=O)C2(C)C(=O)OC(C1)C(C)C2=O. The highest BCUT2D eigenvalue weighted by Gasteiger charge is 2.56. The van der Waals surface area contributed by atoms with Crippen LogP contribution in [0.5, 0.6) is 0 Å². The highest BCUT2D eigenvalue weighted by molar-refractivity contribution is 6.35. The zero-order valence-electron chi connectivity index (χ0n) is 21.6. The van der Waals surface area contributed by atoms with Crippen LogP contribution in [0.15, 0.2) is 47.6 Å². The second kappa shape index (κ2) is 12.1. The summed E-state index contributed by atoms with van der Waals surface area (Å²) >= 11 is 0. The quantitative estimate of drug-likeness (QED) is 0.342. The first-order valence-corrected chi connectivity index (χ1v) is 11.9. The van der Waals surface area contributed by atoms with Crippen molar-refractivity contribution in [3.63, 3.8) is 0 Å². The molecule has 0 saturated carbocycles. The van der Waals surface area contributed by atoms with Crippen LogP contribution in [0.3, 0.4) is 0 Å². The Morgan fingerprint density at radius 2 is 1.75 bits per heavy atom. The van der Waals surface area contributed by atoms with Gasteiger partial charge in [-0.3, -0.25) is 24.0 Å². The maximum absolute atomic E-state index is 13.6. The van der Waals surface area contributed by atoms with Gasteiger partial charge in [-0.25, -0.2) is 0 Å². The van der Waals surface area contributed by atoms with Crippen molar-refractivity contribution in [3.05, 3.63) is 47.6 Å². The molecule has 1 amide bonds. The van der Waals surface area contributed by atoms with Crippen molar-refractivity contribution < 1.29 is 38.6 Å². The number of nitrogens with one attached hydrogen (secondary N) is 1. The maximum atomic E-state index is 13.6. The van der Waals surface area contributed by atoms with E-state index in [4.69, 9.17) is 9.47 Å². The van der Waals surface area contributed by atoms with Crippen LogP contribution in [0.25, 0.3) is 0 Å². The van der Waals surface area contributed by atoms with E-state index in [0.29, 0.717) is 12.0 Å². The minimum absolute atomic E-state index is 0.0571. The Morgan fingerprint density at radius 1 is 1.11 bits per heavy atom. The number of esters is 2. The van der Waals surface area contributed by atoms with Gasteiger partial charge < -0.3 is 19.9 Å². The zero-order valence-corrected chi connectivity index (χ0v) is 21.6. The number of carbonyl (C=O) groups excluding carboxylic acids is 5. The smallest absolute Gasteiger partial charge is 0.322 e. The van der Waals surface area contributed by atoms with E-state index in [1.165, 1.54) is 19.9 Å². The van der Waals surface area contributed by atoms with Gasteiger partial charge in [0.15, 0.2) is 5.78 Å². The lowest BCUT2D eigenvalue weighted by Gasteiger charge is -2.42. The fraction of sp³-hybridized carbons (Fsp3) is 0.519. The number of amides is 1. The number of aliphatic hydroxyl groups excluding tert-OH is 1. The molecule has 0 aromatic carbocycles. The van der Waals surface area contributed by atoms with Crippen LogP contribution in [0.4, 0.5) is 0 Å². The first-order valence-electron chi connectivity index (χ1n) is 11.9. The molecule has 9 heteroatoms. The summed E-state index contributed by atoms with van der Waals surface area (Å²) in [6.45, 7) is 8.85. The third-order valence-electron chi connectivity index (χ3n) is 6.44. The molecule has 1 fully saturated rings. The van der Waals surface area contributed by atoms with Crippen LogP contribution in [0.1, 0.15) is 54.4 Å². The van der Waals surface area contributed by atoms with Gasteiger partial charge in [0.1, 0.15) is 17.6 Å². The number of hydrogen-bond donors (Lipinski definition) is 2. The number of carbonyl (C=O) groups is 5. The minimum Gasteiger partial charge on any atom is -0.461 e. The van der Waals surface area contributed by atoms with E-state index in [-0.39, 0.29) is 6.42 Å². The summed E-state index contributed by atoms with van der Waals surface area (Å²) < 4.78 is 11.1. The number of rotatable bonds is 3. The molecular formula is C27H35NO8. The average Bonchev–Trinajstić information content (AvgIpc) is 2.80. The van der Waals surface area contributed by atoms with Crippen LogP contribution in [0, 0.1) is 11.3 Å². The van der Waals surface area contributed by atoms with Gasteiger partial charge in [-0.1, -0.05) is 48.5 Å². The molecule has 3 rings (SSSR count). The molecule has 0 radical (unpaired) electrons. The maximum Gasteiger partial charge on any atom is 0.322 e. The Hall–Kier alpha value is -3.33. The van der Waals surface area contributed by atoms with Crippen molar-refractivity contribution in [2.45, 2.75) is 78.7 Å². The lowest BCUT2D eigenvalue weighted by Crippen LogP contribution is -2.61. The first kappa shape index (κ1) is 28.9. The lowest BCUT2D eigenvalue weighted by molar-refractivity contribution is -0.182. The predicted octanol–water partition coefficient (Wildman–Crippen LogP) is 2.29. The zero-order chi connectivity index (χ0) is 27.2. The van der Waals surface area contributed by atoms with E-state index < -0.39 is 65.1 Å². The van der Waals surface area contributed by atoms with Crippen LogP contribution < -0.4 is 5.32 Å². The Labute approximate surface area is 211 Å². The molecule has 0 spiro atoms. The normalized spacial score (nSPS) is 33.9. The van der Waals surface area contributed by atoms with Crippen LogP contribution in [-0.4, -0.2) is 58.9 Å². The molecule has 1 aliphatic carbocycles. The number of hydrogen-bond acceptors (Lipinski definition) is 8. The second-order valence-electron chi connectivity index (χ2n) is 9.57. The monoisotopic (exact) mass is 501 g/mol. The van der Waals surface area contributed by atoms with Gasteiger partial charge in [0.05, 0.1) is 18.1 Å². The largest absolute Gasteiger partial charge is 0.461 e.